The van der Waals surface area contributed by atoms with E-state index >= 15 is 0 Å². The average Bonchev–Trinajstić information content (AvgIpc) is 2.55. The van der Waals surface area contributed by atoms with E-state index in [-0.39, 0.29) is 6.54 Å². The monoisotopic (exact) mass is 364 g/mol. The van der Waals surface area contributed by atoms with E-state index < -0.39 is 23.7 Å². The van der Waals surface area contributed by atoms with Crippen molar-refractivity contribution < 1.29 is 19.1 Å². The van der Waals surface area contributed by atoms with Gasteiger partial charge >= 0.3 is 12.1 Å². The molecule has 1 atom stereocenters. The van der Waals surface area contributed by atoms with E-state index in [0.29, 0.717) is 12.5 Å². The highest BCUT2D eigenvalue weighted by atomic mass is 16.6. The number of carbonyl (C=O) groups excluding carboxylic acids is 2. The van der Waals surface area contributed by atoms with Crippen LogP contribution in [-0.2, 0) is 14.3 Å². The number of nitrogens with zero attached hydrogens (tertiary/aromatic N) is 1. The van der Waals surface area contributed by atoms with Gasteiger partial charge in [0.15, 0.2) is 0 Å². The maximum Gasteiger partial charge on any atom is 0.410 e. The first kappa shape index (κ1) is 21.8. The summed E-state index contributed by atoms with van der Waals surface area (Å²) in [6.07, 6.45) is 0.389. The fourth-order valence-electron chi connectivity index (χ4n) is 2.27. The first-order valence-electron chi connectivity index (χ1n) is 8.99. The van der Waals surface area contributed by atoms with E-state index in [2.05, 4.69) is 19.2 Å². The summed E-state index contributed by atoms with van der Waals surface area (Å²) in [6.45, 7) is 10.3. The van der Waals surface area contributed by atoms with E-state index in [1.54, 1.807) is 4.90 Å². The van der Waals surface area contributed by atoms with Crippen molar-refractivity contribution in [1.82, 2.24) is 4.90 Å². The summed E-state index contributed by atoms with van der Waals surface area (Å²) in [4.78, 5) is 26.4. The number of esters is 1. The number of amides is 1. The van der Waals surface area contributed by atoms with Gasteiger partial charge in [-0.15, -0.1) is 0 Å². The number of hydrogen-bond acceptors (Lipinski definition) is 5. The van der Waals surface area contributed by atoms with Crippen LogP contribution in [0, 0.1) is 5.92 Å². The number of nitrogens with one attached hydrogen (secondary N) is 1. The minimum Gasteiger partial charge on any atom is -0.467 e. The Hall–Kier alpha value is -2.24. The highest BCUT2D eigenvalue weighted by molar-refractivity contribution is 5.80. The minimum absolute atomic E-state index is 0.170. The average molecular weight is 364 g/mol. The molecule has 0 aliphatic carbocycles. The number of benzene rings is 1. The van der Waals surface area contributed by atoms with E-state index in [9.17, 15) is 9.59 Å². The topological polar surface area (TPSA) is 67.9 Å². The first-order chi connectivity index (χ1) is 12.1. The number of anilines is 1. The van der Waals surface area contributed by atoms with Crippen LogP contribution in [0.1, 0.15) is 41.0 Å². The lowest BCUT2D eigenvalue weighted by molar-refractivity contribution is -0.141. The summed E-state index contributed by atoms with van der Waals surface area (Å²) in [5.41, 5.74) is 0.191. The Morgan fingerprint density at radius 2 is 1.77 bits per heavy atom. The SMILES string of the molecule is COC(=O)[C@H](CN(CCC(C)C)C(=O)OC(C)(C)C)Nc1ccccc1. The lowest BCUT2D eigenvalue weighted by Gasteiger charge is -2.30. The molecule has 0 radical (unpaired) electrons. The second kappa shape index (κ2) is 10.0. The zero-order chi connectivity index (χ0) is 19.7. The highest BCUT2D eigenvalue weighted by Gasteiger charge is 2.28. The van der Waals surface area contributed by atoms with Crippen molar-refractivity contribution in [2.75, 3.05) is 25.5 Å². The van der Waals surface area contributed by atoms with Gasteiger partial charge in [-0.1, -0.05) is 32.0 Å². The van der Waals surface area contributed by atoms with Crippen LogP contribution in [0.2, 0.25) is 0 Å². The second-order valence-electron chi connectivity index (χ2n) is 7.69. The van der Waals surface area contributed by atoms with E-state index in [4.69, 9.17) is 9.47 Å². The van der Waals surface area contributed by atoms with Crippen LogP contribution in [0.25, 0.3) is 0 Å². The van der Waals surface area contributed by atoms with E-state index in [1.165, 1.54) is 7.11 Å². The lowest BCUT2D eigenvalue weighted by atomic mass is 10.1. The Balaban J connectivity index is 2.93. The normalized spacial score (nSPS) is 12.4. The predicted octanol–water partition coefficient (Wildman–Crippen LogP) is 3.92. The van der Waals surface area contributed by atoms with Crippen molar-refractivity contribution in [3.63, 3.8) is 0 Å². The Labute approximate surface area is 156 Å². The molecule has 6 heteroatoms. The van der Waals surface area contributed by atoms with Gasteiger partial charge in [-0.05, 0) is 45.2 Å². The molecule has 0 aliphatic rings. The van der Waals surface area contributed by atoms with Gasteiger partial charge in [0.2, 0.25) is 0 Å². The van der Waals surface area contributed by atoms with Gasteiger partial charge < -0.3 is 19.7 Å². The van der Waals surface area contributed by atoms with Crippen molar-refractivity contribution >= 4 is 17.7 Å². The molecule has 0 saturated heterocycles. The molecule has 0 spiro atoms. The standard InChI is InChI=1S/C20H32N2O4/c1-15(2)12-13-22(19(24)26-20(3,4)5)14-17(18(23)25-6)21-16-10-8-7-9-11-16/h7-11,15,17,21H,12-14H2,1-6H3/t17-/m0/s1. The number of hydrogen-bond donors (Lipinski definition) is 1. The molecule has 146 valence electrons. The van der Waals surface area contributed by atoms with Crippen molar-refractivity contribution in [2.24, 2.45) is 5.92 Å². The molecule has 0 fully saturated rings. The van der Waals surface area contributed by atoms with Gasteiger partial charge in [0.05, 0.1) is 13.7 Å². The molecule has 1 amide bonds. The molecule has 1 aromatic rings. The second-order valence-corrected chi connectivity index (χ2v) is 7.69. The van der Waals surface area contributed by atoms with Crippen molar-refractivity contribution in [1.29, 1.82) is 0 Å². The van der Waals surface area contributed by atoms with Crippen LogP contribution < -0.4 is 5.32 Å². The van der Waals surface area contributed by atoms with Crippen LogP contribution in [0.5, 0.6) is 0 Å². The fourth-order valence-corrected chi connectivity index (χ4v) is 2.27. The fraction of sp³-hybridized carbons (Fsp3) is 0.600. The number of methoxy groups -OCH3 is 1. The Morgan fingerprint density at radius 1 is 1.15 bits per heavy atom. The van der Waals surface area contributed by atoms with Crippen LogP contribution in [-0.4, -0.2) is 48.8 Å². The van der Waals surface area contributed by atoms with Crippen LogP contribution in [0.3, 0.4) is 0 Å². The van der Waals surface area contributed by atoms with Gasteiger partial charge in [0.1, 0.15) is 11.6 Å². The third kappa shape index (κ3) is 8.23. The predicted molar refractivity (Wildman–Crippen MR) is 103 cm³/mol. The molecular formula is C20H32N2O4. The number of carbonyl (C=O) groups is 2. The summed E-state index contributed by atoms with van der Waals surface area (Å²) in [5.74, 6) is 0.00514. The highest BCUT2D eigenvalue weighted by Crippen LogP contribution is 2.14. The molecule has 1 N–H and O–H groups in total. The summed E-state index contributed by atoms with van der Waals surface area (Å²) in [7, 11) is 1.34. The van der Waals surface area contributed by atoms with Crippen LogP contribution >= 0.6 is 0 Å². The molecule has 0 heterocycles. The quantitative estimate of drug-likeness (QED) is 0.708. The maximum absolute atomic E-state index is 12.6. The Bertz CT molecular complexity index is 567. The smallest absolute Gasteiger partial charge is 0.410 e. The molecule has 0 bridgehead atoms. The summed E-state index contributed by atoms with van der Waals surface area (Å²) >= 11 is 0. The number of rotatable bonds is 8. The van der Waals surface area contributed by atoms with Gasteiger partial charge in [-0.25, -0.2) is 9.59 Å². The molecule has 0 aromatic heterocycles. The third-order valence-electron chi connectivity index (χ3n) is 3.63. The molecule has 1 aromatic carbocycles. The molecule has 0 saturated carbocycles. The van der Waals surface area contributed by atoms with Crippen molar-refractivity contribution in [2.45, 2.75) is 52.7 Å². The molecular weight excluding hydrogens is 332 g/mol. The molecule has 6 nitrogen and oxygen atoms in total. The Morgan fingerprint density at radius 3 is 2.27 bits per heavy atom. The lowest BCUT2D eigenvalue weighted by Crippen LogP contribution is -2.47. The zero-order valence-corrected chi connectivity index (χ0v) is 16.7. The van der Waals surface area contributed by atoms with Crippen LogP contribution in [0.15, 0.2) is 30.3 Å². The van der Waals surface area contributed by atoms with E-state index in [0.717, 1.165) is 12.1 Å². The number of ether oxygens (including phenoxy) is 2. The number of para-hydroxylation sites is 1. The van der Waals surface area contributed by atoms with Crippen molar-refractivity contribution in [3.8, 4) is 0 Å². The largest absolute Gasteiger partial charge is 0.467 e. The Kier molecular flexibility index (Phi) is 8.42. The summed E-state index contributed by atoms with van der Waals surface area (Å²) in [5, 5.41) is 3.14. The maximum atomic E-state index is 12.6. The molecule has 26 heavy (non-hydrogen) atoms. The van der Waals surface area contributed by atoms with Gasteiger partial charge in [0.25, 0.3) is 0 Å². The van der Waals surface area contributed by atoms with Gasteiger partial charge in [0, 0.05) is 12.2 Å². The minimum atomic E-state index is -0.679. The molecule has 0 unspecified atom stereocenters. The van der Waals surface area contributed by atoms with E-state index in [1.807, 2.05) is 51.1 Å². The molecule has 0 aliphatic heterocycles. The van der Waals surface area contributed by atoms with Crippen molar-refractivity contribution in [3.05, 3.63) is 30.3 Å². The van der Waals surface area contributed by atoms with Gasteiger partial charge in [-0.3, -0.25) is 0 Å². The summed E-state index contributed by atoms with van der Waals surface area (Å²) in [6, 6.07) is 8.70. The molecule has 1 rings (SSSR count). The van der Waals surface area contributed by atoms with Gasteiger partial charge in [-0.2, -0.15) is 0 Å². The third-order valence-corrected chi connectivity index (χ3v) is 3.63. The first-order valence-corrected chi connectivity index (χ1v) is 8.99. The zero-order valence-electron chi connectivity index (χ0n) is 16.7. The summed E-state index contributed by atoms with van der Waals surface area (Å²) < 4.78 is 10.4. The van der Waals surface area contributed by atoms with Crippen LogP contribution in [0.4, 0.5) is 10.5 Å².